The molecule has 5 aliphatic carbocycles. The van der Waals surface area contributed by atoms with Gasteiger partial charge < -0.3 is 5.11 Å². The summed E-state index contributed by atoms with van der Waals surface area (Å²) in [5, 5.41) is 10.3. The Kier molecular flexibility index (Phi) is 5.02. The van der Waals surface area contributed by atoms with Crippen LogP contribution in [0.1, 0.15) is 71.8 Å². The van der Waals surface area contributed by atoms with Crippen molar-refractivity contribution in [3.05, 3.63) is 41.5 Å². The van der Waals surface area contributed by atoms with Crippen molar-refractivity contribution in [3.8, 4) is 0 Å². The Morgan fingerprint density at radius 1 is 1.08 bits per heavy atom. The first-order valence-corrected chi connectivity index (χ1v) is 13.9. The minimum Gasteiger partial charge on any atom is -0.481 e. The van der Waals surface area contributed by atoms with Crippen molar-refractivity contribution in [2.45, 2.75) is 73.1 Å². The molecule has 2 amide bonds. The number of aliphatic carboxylic acids is 1. The predicted octanol–water partition coefficient (Wildman–Crippen LogP) is 6.01. The van der Waals surface area contributed by atoms with Crippen LogP contribution in [0.15, 0.2) is 35.9 Å². The molecule has 192 valence electrons. The number of rotatable bonds is 3. The molecule has 1 spiro atoms. The molecular weight excluding hydrogens is 450 g/mol. The topological polar surface area (TPSA) is 74.7 Å². The number of allylic oxidation sites excluding steroid dienone is 2. The van der Waals surface area contributed by atoms with Gasteiger partial charge in [-0.15, -0.1) is 0 Å². The van der Waals surface area contributed by atoms with Crippen molar-refractivity contribution >= 4 is 23.5 Å². The second-order valence-electron chi connectivity index (χ2n) is 13.3. The van der Waals surface area contributed by atoms with Gasteiger partial charge in [-0.25, -0.2) is 4.90 Å². The van der Waals surface area contributed by atoms with Crippen molar-refractivity contribution in [1.82, 2.24) is 0 Å². The highest BCUT2D eigenvalue weighted by molar-refractivity contribution is 6.23. The Hall–Kier alpha value is -2.43. The molecule has 1 aromatic rings. The SMILES string of the molecule is Cc1cccc(N2C(=O)[C@@H]3[C@@H](C2=O)[C@]24C=C(C(C)C)[C@@H]3C[C@@H]2[C@]2(C)CCC[C@@](C)(C(=O)O)[C@H]2CC4)c1. The number of hydrogen-bond acceptors (Lipinski definition) is 3. The van der Waals surface area contributed by atoms with Gasteiger partial charge in [0.1, 0.15) is 0 Å². The van der Waals surface area contributed by atoms with Gasteiger partial charge in [0, 0.05) is 5.41 Å². The quantitative estimate of drug-likeness (QED) is 0.417. The highest BCUT2D eigenvalue weighted by Crippen LogP contribution is 2.74. The molecule has 6 aliphatic rings. The Labute approximate surface area is 214 Å². The summed E-state index contributed by atoms with van der Waals surface area (Å²) >= 11 is 0. The number of carbonyl (C=O) groups excluding carboxylic acids is 2. The number of nitrogens with zero attached hydrogens (tertiary/aromatic N) is 1. The maximum Gasteiger partial charge on any atom is 0.309 e. The van der Waals surface area contributed by atoms with E-state index in [1.165, 1.54) is 10.5 Å². The Morgan fingerprint density at radius 2 is 1.83 bits per heavy atom. The van der Waals surface area contributed by atoms with Crippen molar-refractivity contribution in [2.24, 2.45) is 51.8 Å². The molecule has 1 aliphatic heterocycles. The average Bonchev–Trinajstić information content (AvgIpc) is 3.10. The van der Waals surface area contributed by atoms with Gasteiger partial charge in [-0.1, -0.05) is 51.0 Å². The molecule has 7 rings (SSSR count). The second-order valence-corrected chi connectivity index (χ2v) is 13.3. The number of hydrogen-bond donors (Lipinski definition) is 1. The highest BCUT2D eigenvalue weighted by Gasteiger charge is 2.73. The molecular formula is C31H39NO4. The fraction of sp³-hybridized carbons (Fsp3) is 0.645. The minimum atomic E-state index is -0.724. The normalized spacial score (nSPS) is 43.2. The van der Waals surface area contributed by atoms with E-state index in [1.54, 1.807) is 0 Å². The Bertz CT molecular complexity index is 1200. The maximum atomic E-state index is 14.3. The summed E-state index contributed by atoms with van der Waals surface area (Å²) in [6, 6.07) is 7.73. The third kappa shape index (κ3) is 2.80. The van der Waals surface area contributed by atoms with Crippen LogP contribution >= 0.6 is 0 Å². The van der Waals surface area contributed by atoms with Crippen molar-refractivity contribution < 1.29 is 19.5 Å². The van der Waals surface area contributed by atoms with E-state index in [9.17, 15) is 19.5 Å². The van der Waals surface area contributed by atoms with Crippen molar-refractivity contribution in [2.75, 3.05) is 4.90 Å². The average molecular weight is 490 g/mol. The summed E-state index contributed by atoms with van der Waals surface area (Å²) in [4.78, 5) is 42.3. The van der Waals surface area contributed by atoms with Gasteiger partial charge in [-0.2, -0.15) is 0 Å². The first kappa shape index (κ1) is 23.9. The van der Waals surface area contributed by atoms with Gasteiger partial charge in [0.2, 0.25) is 11.8 Å². The zero-order chi connectivity index (χ0) is 25.8. The molecule has 8 atom stereocenters. The number of amides is 2. The molecule has 0 radical (unpaired) electrons. The summed E-state index contributed by atoms with van der Waals surface area (Å²) in [5.41, 5.74) is 1.83. The van der Waals surface area contributed by atoms with Crippen LogP contribution in [0.25, 0.3) is 0 Å². The van der Waals surface area contributed by atoms with Crippen molar-refractivity contribution in [1.29, 1.82) is 0 Å². The van der Waals surface area contributed by atoms with Crippen LogP contribution in [0, 0.1) is 58.7 Å². The zero-order valence-electron chi connectivity index (χ0n) is 22.2. The number of carboxylic acid groups (broad SMARTS) is 1. The van der Waals surface area contributed by atoms with Crippen molar-refractivity contribution in [3.63, 3.8) is 0 Å². The molecule has 0 unspecified atom stereocenters. The lowest BCUT2D eigenvalue weighted by Crippen LogP contribution is -2.65. The summed E-state index contributed by atoms with van der Waals surface area (Å²) < 4.78 is 0. The molecule has 5 heteroatoms. The first-order chi connectivity index (χ1) is 17.0. The molecule has 1 heterocycles. The number of carbonyl (C=O) groups is 3. The fourth-order valence-corrected chi connectivity index (χ4v) is 9.98. The molecule has 5 nitrogen and oxygen atoms in total. The third-order valence-electron chi connectivity index (χ3n) is 11.4. The van der Waals surface area contributed by atoms with Crippen LogP contribution in [0.5, 0.6) is 0 Å². The van der Waals surface area contributed by atoms with Gasteiger partial charge in [0.15, 0.2) is 0 Å². The van der Waals surface area contributed by atoms with Gasteiger partial charge in [0.05, 0.1) is 22.9 Å². The molecule has 0 aromatic heterocycles. The number of fused-ring (bicyclic) bond motifs is 1. The lowest BCUT2D eigenvalue weighted by atomic mass is 9.34. The van der Waals surface area contributed by atoms with E-state index in [0.29, 0.717) is 11.6 Å². The second kappa shape index (κ2) is 7.55. The largest absolute Gasteiger partial charge is 0.481 e. The molecule has 4 fully saturated rings. The maximum absolute atomic E-state index is 14.3. The standard InChI is InChI=1S/C31H39NO4/c1-17(2)21-16-31-13-10-22-29(4,11-7-12-30(22,5)28(35)36)23(31)15-20(21)24-25(31)27(34)32(26(24)33)19-9-6-8-18(3)14-19/h6,8-9,14,16-17,20,22-25H,7,10-13,15H2,1-5H3,(H,35,36)/t20-,22-,23+,24-,25-,29+,30+,31+/m0/s1. The number of anilines is 1. The van der Waals surface area contributed by atoms with Gasteiger partial charge >= 0.3 is 5.97 Å². The monoisotopic (exact) mass is 489 g/mol. The van der Waals surface area contributed by atoms with Crippen LogP contribution in [-0.4, -0.2) is 22.9 Å². The molecule has 1 aromatic carbocycles. The van der Waals surface area contributed by atoms with Crippen LogP contribution in [0.3, 0.4) is 0 Å². The van der Waals surface area contributed by atoms with E-state index in [1.807, 2.05) is 38.1 Å². The van der Waals surface area contributed by atoms with E-state index in [0.717, 1.165) is 44.1 Å². The molecule has 1 N–H and O–H groups in total. The number of imide groups is 1. The molecule has 2 bridgehead atoms. The first-order valence-electron chi connectivity index (χ1n) is 13.9. The predicted molar refractivity (Wildman–Crippen MR) is 138 cm³/mol. The Balaban J connectivity index is 1.50. The van der Waals surface area contributed by atoms with Gasteiger partial charge in [-0.3, -0.25) is 14.4 Å². The molecule has 3 saturated carbocycles. The van der Waals surface area contributed by atoms with E-state index >= 15 is 0 Å². The van der Waals surface area contributed by atoms with Gasteiger partial charge in [0.25, 0.3) is 0 Å². The number of carboxylic acids is 1. The molecule has 36 heavy (non-hydrogen) atoms. The summed E-state index contributed by atoms with van der Waals surface area (Å²) in [6.45, 7) is 10.7. The highest BCUT2D eigenvalue weighted by atomic mass is 16.4. The summed E-state index contributed by atoms with van der Waals surface area (Å²) in [5.74, 6) is -0.679. The third-order valence-corrected chi connectivity index (χ3v) is 11.4. The Morgan fingerprint density at radius 3 is 2.50 bits per heavy atom. The van der Waals surface area contributed by atoms with E-state index in [-0.39, 0.29) is 52.2 Å². The number of aryl methyl sites for hydroxylation is 1. The van der Waals surface area contributed by atoms with Crippen LogP contribution in [0.2, 0.25) is 0 Å². The fourth-order valence-electron chi connectivity index (χ4n) is 9.98. The zero-order valence-corrected chi connectivity index (χ0v) is 22.2. The lowest BCUT2D eigenvalue weighted by Gasteiger charge is -2.68. The van der Waals surface area contributed by atoms with Crippen LogP contribution in [0.4, 0.5) is 5.69 Å². The van der Waals surface area contributed by atoms with E-state index in [4.69, 9.17) is 0 Å². The molecule has 1 saturated heterocycles. The summed E-state index contributed by atoms with van der Waals surface area (Å²) in [7, 11) is 0. The van der Waals surface area contributed by atoms with E-state index < -0.39 is 11.4 Å². The van der Waals surface area contributed by atoms with Crippen LogP contribution < -0.4 is 4.90 Å². The minimum absolute atomic E-state index is 0.0315. The summed E-state index contributed by atoms with van der Waals surface area (Å²) in [6.07, 6.45) is 7.58. The number of benzene rings is 1. The lowest BCUT2D eigenvalue weighted by molar-refractivity contribution is -0.194. The van der Waals surface area contributed by atoms with Gasteiger partial charge in [-0.05, 0) is 92.7 Å². The van der Waals surface area contributed by atoms with E-state index in [2.05, 4.69) is 26.8 Å². The smallest absolute Gasteiger partial charge is 0.309 e. The van der Waals surface area contributed by atoms with Crippen LogP contribution in [-0.2, 0) is 14.4 Å².